The van der Waals surface area contributed by atoms with E-state index in [0.29, 0.717) is 23.3 Å². The molecule has 0 N–H and O–H groups in total. The molecule has 2 aromatic rings. The lowest BCUT2D eigenvalue weighted by atomic mass is 9.89. The van der Waals surface area contributed by atoms with Crippen molar-refractivity contribution in [3.05, 3.63) is 47.0 Å². The van der Waals surface area contributed by atoms with Crippen LogP contribution in [0.2, 0.25) is 0 Å². The number of benzene rings is 2. The lowest BCUT2D eigenvalue weighted by molar-refractivity contribution is -0.154. The van der Waals surface area contributed by atoms with E-state index in [2.05, 4.69) is 0 Å². The van der Waals surface area contributed by atoms with Gasteiger partial charge in [0.05, 0.1) is 7.11 Å². The smallest absolute Gasteiger partial charge is 0.339 e. The third-order valence-electron chi connectivity index (χ3n) is 5.27. The zero-order chi connectivity index (χ0) is 20.8. The quantitative estimate of drug-likeness (QED) is 0.557. The first kappa shape index (κ1) is 19.7. The van der Waals surface area contributed by atoms with Crippen LogP contribution < -0.4 is 8.92 Å². The second-order valence-corrected chi connectivity index (χ2v) is 8.88. The minimum atomic E-state index is -3.94. The van der Waals surface area contributed by atoms with Crippen molar-refractivity contribution in [3.63, 3.8) is 0 Å². The van der Waals surface area contributed by atoms with Gasteiger partial charge in [-0.15, -0.1) is 0 Å². The van der Waals surface area contributed by atoms with Gasteiger partial charge in [0.15, 0.2) is 11.9 Å². The predicted molar refractivity (Wildman–Crippen MR) is 106 cm³/mol. The van der Waals surface area contributed by atoms with E-state index in [9.17, 15) is 13.2 Å². The van der Waals surface area contributed by atoms with Crippen LogP contribution >= 0.6 is 0 Å². The molecule has 0 aliphatic carbocycles. The molecule has 154 valence electrons. The number of rotatable bonds is 4. The monoisotopic (exact) mass is 418 g/mol. The van der Waals surface area contributed by atoms with E-state index in [1.807, 2.05) is 25.1 Å². The largest absolute Gasteiger partial charge is 0.492 e. The van der Waals surface area contributed by atoms with Crippen molar-refractivity contribution in [1.82, 2.24) is 0 Å². The average Bonchev–Trinajstić information content (AvgIpc) is 2.72. The van der Waals surface area contributed by atoms with Crippen molar-refractivity contribution in [1.29, 1.82) is 0 Å². The van der Waals surface area contributed by atoms with Crippen molar-refractivity contribution in [2.75, 3.05) is 20.3 Å². The highest BCUT2D eigenvalue weighted by atomic mass is 32.2. The summed E-state index contributed by atoms with van der Waals surface area (Å²) in [6, 6.07) is 8.89. The van der Waals surface area contributed by atoms with Crippen molar-refractivity contribution < 1.29 is 31.6 Å². The topological polar surface area (TPSA) is 88.1 Å². The van der Waals surface area contributed by atoms with E-state index < -0.39 is 27.4 Å². The molecule has 2 aliphatic heterocycles. The Hall–Kier alpha value is -2.58. The summed E-state index contributed by atoms with van der Waals surface area (Å²) >= 11 is 0. The number of hydrogen-bond donors (Lipinski definition) is 0. The minimum absolute atomic E-state index is 0.0342. The first-order valence-corrected chi connectivity index (χ1v) is 10.8. The van der Waals surface area contributed by atoms with E-state index in [0.717, 1.165) is 16.7 Å². The van der Waals surface area contributed by atoms with Crippen molar-refractivity contribution in [3.8, 4) is 22.6 Å². The lowest BCUT2D eigenvalue weighted by Crippen LogP contribution is -2.36. The maximum atomic E-state index is 12.9. The fourth-order valence-electron chi connectivity index (χ4n) is 3.85. The summed E-state index contributed by atoms with van der Waals surface area (Å²) in [6.45, 7) is 3.93. The van der Waals surface area contributed by atoms with Gasteiger partial charge in [-0.05, 0) is 55.2 Å². The number of ether oxygens (including phenoxy) is 3. The molecule has 2 aromatic carbocycles. The first-order chi connectivity index (χ1) is 13.9. The number of methoxy groups -OCH3 is 1. The number of fused-ring (bicyclic) bond motifs is 4. The highest BCUT2D eigenvalue weighted by Crippen LogP contribution is 2.44. The summed E-state index contributed by atoms with van der Waals surface area (Å²) in [6.07, 6.45) is -0.702. The highest BCUT2D eigenvalue weighted by molar-refractivity contribution is 7.87. The fraction of sp³-hybridized carbons (Fsp3) is 0.381. The Morgan fingerprint density at radius 3 is 2.72 bits per heavy atom. The molecule has 29 heavy (non-hydrogen) atoms. The first-order valence-electron chi connectivity index (χ1n) is 9.38. The van der Waals surface area contributed by atoms with Crippen molar-refractivity contribution >= 4 is 16.1 Å². The molecule has 0 radical (unpaired) electrons. The Balaban J connectivity index is 2.03. The number of hydrogen-bond acceptors (Lipinski definition) is 7. The molecule has 0 saturated carbocycles. The number of aryl methyl sites for hydroxylation is 1. The minimum Gasteiger partial charge on any atom is -0.492 e. The summed E-state index contributed by atoms with van der Waals surface area (Å²) in [5.74, 6) is 0.257. The average molecular weight is 418 g/mol. The lowest BCUT2D eigenvalue weighted by Gasteiger charge is -2.24. The molecule has 0 fully saturated rings. The summed E-state index contributed by atoms with van der Waals surface area (Å²) in [5.41, 5.74) is 3.32. The van der Waals surface area contributed by atoms with Gasteiger partial charge in [0.1, 0.15) is 17.6 Å². The maximum Gasteiger partial charge on any atom is 0.339 e. The Labute approximate surface area is 169 Å². The van der Waals surface area contributed by atoms with Crippen molar-refractivity contribution in [2.45, 2.75) is 31.6 Å². The number of carbonyl (C=O) groups is 1. The summed E-state index contributed by atoms with van der Waals surface area (Å²) < 4.78 is 47.7. The van der Waals surface area contributed by atoms with Crippen LogP contribution in [0.5, 0.6) is 11.5 Å². The second kappa shape index (κ2) is 7.35. The van der Waals surface area contributed by atoms with Gasteiger partial charge in [0.2, 0.25) is 0 Å². The summed E-state index contributed by atoms with van der Waals surface area (Å²) in [4.78, 5) is 12.5. The summed E-state index contributed by atoms with van der Waals surface area (Å²) in [7, 11) is -2.65. The molecule has 0 amide bonds. The van der Waals surface area contributed by atoms with E-state index in [4.69, 9.17) is 18.4 Å². The third-order valence-corrected chi connectivity index (χ3v) is 6.80. The van der Waals surface area contributed by atoms with E-state index in [1.165, 1.54) is 7.11 Å². The van der Waals surface area contributed by atoms with Crippen LogP contribution in [0.1, 0.15) is 29.7 Å². The highest BCUT2D eigenvalue weighted by Gasteiger charge is 2.37. The molecule has 0 saturated heterocycles. The van der Waals surface area contributed by atoms with Gasteiger partial charge in [0, 0.05) is 17.7 Å². The molecule has 2 heterocycles. The Bertz CT molecular complexity index is 1070. The molecule has 7 nitrogen and oxygen atoms in total. The third kappa shape index (κ3) is 3.36. The second-order valence-electron chi connectivity index (χ2n) is 7.06. The molecule has 4 rings (SSSR count). The van der Waals surface area contributed by atoms with Gasteiger partial charge < -0.3 is 18.4 Å². The Morgan fingerprint density at radius 1 is 1.24 bits per heavy atom. The zero-order valence-corrected chi connectivity index (χ0v) is 17.2. The molecule has 2 unspecified atom stereocenters. The van der Waals surface area contributed by atoms with Gasteiger partial charge in [0.25, 0.3) is 0 Å². The van der Waals surface area contributed by atoms with Crippen molar-refractivity contribution in [2.24, 2.45) is 0 Å². The van der Waals surface area contributed by atoms with Crippen LogP contribution in [-0.4, -0.2) is 40.0 Å². The van der Waals surface area contributed by atoms with Gasteiger partial charge >= 0.3 is 16.1 Å². The van der Waals surface area contributed by atoms with Gasteiger partial charge in [-0.25, -0.2) is 4.79 Å². The Kier molecular flexibility index (Phi) is 5.00. The van der Waals surface area contributed by atoms with Crippen LogP contribution in [0.15, 0.2) is 30.3 Å². The molecule has 2 atom stereocenters. The molecule has 2 aliphatic rings. The van der Waals surface area contributed by atoms with Gasteiger partial charge in [-0.1, -0.05) is 12.1 Å². The predicted octanol–water partition coefficient (Wildman–Crippen LogP) is 2.94. The zero-order valence-electron chi connectivity index (χ0n) is 16.4. The normalized spacial score (nSPS) is 19.6. The van der Waals surface area contributed by atoms with Crippen LogP contribution in [0.4, 0.5) is 0 Å². The summed E-state index contributed by atoms with van der Waals surface area (Å²) in [5, 5.41) is -0.802. The van der Waals surface area contributed by atoms with E-state index in [1.54, 1.807) is 19.1 Å². The number of esters is 1. The SMILES string of the molecule is CCOC(C(=O)OC)c1c(C)ccc2c1-c1ccc3c(c1)CC(CO3)S(=O)(=O)O2. The fourth-order valence-corrected chi connectivity index (χ4v) is 5.00. The Morgan fingerprint density at radius 2 is 2.00 bits per heavy atom. The van der Waals surface area contributed by atoms with Gasteiger partial charge in [-0.3, -0.25) is 0 Å². The molecule has 3 bridgehead atoms. The molecular weight excluding hydrogens is 396 g/mol. The standard InChI is InChI=1S/C21H22O7S/c1-4-26-20(21(22)25-3)18-12(2)5-7-17-19(18)13-6-8-16-14(9-13)10-15(11-27-16)29(23,24)28-17/h5-9,15,20H,4,10-11H2,1-3H3. The van der Waals surface area contributed by atoms with Crippen LogP contribution in [0.3, 0.4) is 0 Å². The van der Waals surface area contributed by atoms with Crippen LogP contribution in [-0.2, 0) is 30.8 Å². The van der Waals surface area contributed by atoms with Crippen LogP contribution in [0.25, 0.3) is 11.1 Å². The van der Waals surface area contributed by atoms with E-state index in [-0.39, 0.29) is 19.0 Å². The van der Waals surface area contributed by atoms with Crippen LogP contribution in [0, 0.1) is 6.92 Å². The molecule has 0 aromatic heterocycles. The van der Waals surface area contributed by atoms with Gasteiger partial charge in [-0.2, -0.15) is 8.42 Å². The van der Waals surface area contributed by atoms with E-state index >= 15 is 0 Å². The molecule has 0 spiro atoms. The molecule has 8 heteroatoms. The molecular formula is C21H22O7S. The number of carbonyl (C=O) groups excluding carboxylic acids is 1. The maximum absolute atomic E-state index is 12.9.